The van der Waals surface area contributed by atoms with Crippen LogP contribution in [0.15, 0.2) is 23.1 Å². The molecule has 1 aromatic carbocycles. The SMILES string of the molecule is CNCc1ccc(S(=O)(=O)N(C)CC(F)F)cc1Cl. The van der Waals surface area contributed by atoms with Gasteiger partial charge in [-0.25, -0.2) is 17.2 Å². The molecular weight excluding hydrogens is 298 g/mol. The first-order valence-electron chi connectivity index (χ1n) is 5.46. The number of hydrogen-bond acceptors (Lipinski definition) is 3. The van der Waals surface area contributed by atoms with Crippen molar-refractivity contribution >= 4 is 21.6 Å². The molecule has 0 atom stereocenters. The first-order chi connectivity index (χ1) is 8.78. The Bertz CT molecular complexity index is 537. The zero-order valence-electron chi connectivity index (χ0n) is 10.5. The molecule has 0 unspecified atom stereocenters. The average molecular weight is 313 g/mol. The van der Waals surface area contributed by atoms with Gasteiger partial charge in [0.2, 0.25) is 10.0 Å². The van der Waals surface area contributed by atoms with Gasteiger partial charge < -0.3 is 5.32 Å². The fourth-order valence-electron chi connectivity index (χ4n) is 1.49. The maximum atomic E-state index is 12.2. The Labute approximate surface area is 116 Å². The molecule has 0 heterocycles. The molecule has 0 aliphatic rings. The van der Waals surface area contributed by atoms with Gasteiger partial charge in [0.15, 0.2) is 0 Å². The van der Waals surface area contributed by atoms with Crippen LogP contribution in [0.25, 0.3) is 0 Å². The number of hydrogen-bond donors (Lipinski definition) is 1. The van der Waals surface area contributed by atoms with E-state index < -0.39 is 23.0 Å². The molecule has 0 saturated carbocycles. The zero-order chi connectivity index (χ0) is 14.6. The average Bonchev–Trinajstić information content (AvgIpc) is 2.31. The Hall–Kier alpha value is -0.760. The van der Waals surface area contributed by atoms with E-state index in [2.05, 4.69) is 5.32 Å². The summed E-state index contributed by atoms with van der Waals surface area (Å²) in [5.41, 5.74) is 0.736. The van der Waals surface area contributed by atoms with Gasteiger partial charge in [-0.1, -0.05) is 17.7 Å². The van der Waals surface area contributed by atoms with Gasteiger partial charge in [0.05, 0.1) is 11.4 Å². The molecule has 0 fully saturated rings. The molecule has 8 heteroatoms. The van der Waals surface area contributed by atoms with E-state index in [0.717, 1.165) is 12.6 Å². The molecule has 108 valence electrons. The fourth-order valence-corrected chi connectivity index (χ4v) is 2.98. The monoisotopic (exact) mass is 312 g/mol. The highest BCUT2D eigenvalue weighted by molar-refractivity contribution is 7.89. The molecule has 0 bridgehead atoms. The predicted molar refractivity (Wildman–Crippen MR) is 70.0 cm³/mol. The highest BCUT2D eigenvalue weighted by atomic mass is 35.5. The summed E-state index contributed by atoms with van der Waals surface area (Å²) < 4.78 is 49.1. The Kier molecular flexibility index (Phi) is 5.66. The summed E-state index contributed by atoms with van der Waals surface area (Å²) in [6.07, 6.45) is -2.72. The largest absolute Gasteiger partial charge is 0.316 e. The third-order valence-electron chi connectivity index (χ3n) is 2.50. The molecule has 0 aliphatic carbocycles. The van der Waals surface area contributed by atoms with Gasteiger partial charge in [-0.2, -0.15) is 4.31 Å². The van der Waals surface area contributed by atoms with Crippen molar-refractivity contribution < 1.29 is 17.2 Å². The van der Waals surface area contributed by atoms with Crippen LogP contribution in [-0.2, 0) is 16.6 Å². The third-order valence-corrected chi connectivity index (χ3v) is 4.67. The number of nitrogens with one attached hydrogen (secondary N) is 1. The highest BCUT2D eigenvalue weighted by Gasteiger charge is 2.24. The molecule has 0 saturated heterocycles. The molecule has 1 rings (SSSR count). The van der Waals surface area contributed by atoms with Crippen molar-refractivity contribution in [1.29, 1.82) is 0 Å². The van der Waals surface area contributed by atoms with E-state index in [1.165, 1.54) is 12.1 Å². The maximum absolute atomic E-state index is 12.2. The zero-order valence-corrected chi connectivity index (χ0v) is 12.1. The number of sulfonamides is 1. The highest BCUT2D eigenvalue weighted by Crippen LogP contribution is 2.23. The van der Waals surface area contributed by atoms with Gasteiger partial charge in [-0.15, -0.1) is 0 Å². The molecular formula is C11H15ClF2N2O2S. The van der Waals surface area contributed by atoms with Crippen molar-refractivity contribution in [2.45, 2.75) is 17.9 Å². The van der Waals surface area contributed by atoms with Crippen molar-refractivity contribution in [2.24, 2.45) is 0 Å². The summed E-state index contributed by atoms with van der Waals surface area (Å²) in [5.74, 6) is 0. The van der Waals surface area contributed by atoms with Crippen LogP contribution < -0.4 is 5.32 Å². The topological polar surface area (TPSA) is 49.4 Å². The lowest BCUT2D eigenvalue weighted by Gasteiger charge is -2.17. The van der Waals surface area contributed by atoms with Gasteiger partial charge in [0, 0.05) is 18.6 Å². The molecule has 1 N–H and O–H groups in total. The van der Waals surface area contributed by atoms with Crippen molar-refractivity contribution in [2.75, 3.05) is 20.6 Å². The smallest absolute Gasteiger partial charge is 0.252 e. The Balaban J connectivity index is 3.05. The minimum Gasteiger partial charge on any atom is -0.316 e. The standard InChI is InChI=1S/C11H15ClF2N2O2S/c1-15-6-8-3-4-9(5-10(8)12)19(17,18)16(2)7-11(13)14/h3-5,11,15H,6-7H2,1-2H3. The maximum Gasteiger partial charge on any atom is 0.252 e. The Morgan fingerprint density at radius 3 is 2.53 bits per heavy atom. The van der Waals surface area contributed by atoms with Crippen LogP contribution in [0.5, 0.6) is 0 Å². The van der Waals surface area contributed by atoms with Crippen LogP contribution in [0.4, 0.5) is 8.78 Å². The van der Waals surface area contributed by atoms with Crippen LogP contribution >= 0.6 is 11.6 Å². The van der Waals surface area contributed by atoms with Crippen LogP contribution in [0.3, 0.4) is 0 Å². The molecule has 19 heavy (non-hydrogen) atoms. The van der Waals surface area contributed by atoms with Crippen molar-refractivity contribution in [3.05, 3.63) is 28.8 Å². The second kappa shape index (κ2) is 6.60. The third kappa shape index (κ3) is 4.10. The van der Waals surface area contributed by atoms with E-state index >= 15 is 0 Å². The quantitative estimate of drug-likeness (QED) is 0.873. The van der Waals surface area contributed by atoms with Gasteiger partial charge in [0.25, 0.3) is 6.43 Å². The second-order valence-electron chi connectivity index (χ2n) is 3.96. The minimum absolute atomic E-state index is 0.0968. The van der Waals surface area contributed by atoms with Gasteiger partial charge in [0.1, 0.15) is 0 Å². The van der Waals surface area contributed by atoms with Crippen LogP contribution in [0.2, 0.25) is 5.02 Å². The van der Waals surface area contributed by atoms with Crippen LogP contribution in [-0.4, -0.2) is 39.8 Å². The van der Waals surface area contributed by atoms with E-state index in [-0.39, 0.29) is 9.92 Å². The predicted octanol–water partition coefficient (Wildman–Crippen LogP) is 1.94. The molecule has 0 radical (unpaired) electrons. The Morgan fingerprint density at radius 1 is 1.42 bits per heavy atom. The summed E-state index contributed by atoms with van der Waals surface area (Å²) >= 11 is 5.95. The molecule has 4 nitrogen and oxygen atoms in total. The van der Waals surface area contributed by atoms with Gasteiger partial charge in [-0.3, -0.25) is 0 Å². The molecule has 0 amide bonds. The summed E-state index contributed by atoms with van der Waals surface area (Å²) in [4.78, 5) is -0.0968. The lowest BCUT2D eigenvalue weighted by atomic mass is 10.2. The summed E-state index contributed by atoms with van der Waals surface area (Å²) in [6, 6.07) is 4.18. The summed E-state index contributed by atoms with van der Waals surface area (Å²) in [5, 5.41) is 3.17. The second-order valence-corrected chi connectivity index (χ2v) is 6.41. The minimum atomic E-state index is -3.94. The summed E-state index contributed by atoms with van der Waals surface area (Å²) in [6.45, 7) is -0.357. The first kappa shape index (κ1) is 16.3. The van der Waals surface area contributed by atoms with E-state index in [1.54, 1.807) is 13.1 Å². The van der Waals surface area contributed by atoms with Crippen molar-refractivity contribution in [3.8, 4) is 0 Å². The van der Waals surface area contributed by atoms with E-state index in [0.29, 0.717) is 10.8 Å². The molecule has 0 aliphatic heterocycles. The van der Waals surface area contributed by atoms with Crippen molar-refractivity contribution in [1.82, 2.24) is 9.62 Å². The van der Waals surface area contributed by atoms with Gasteiger partial charge in [-0.05, 0) is 24.7 Å². The van der Waals surface area contributed by atoms with Gasteiger partial charge >= 0.3 is 0 Å². The van der Waals surface area contributed by atoms with Crippen molar-refractivity contribution in [3.63, 3.8) is 0 Å². The Morgan fingerprint density at radius 2 is 2.05 bits per heavy atom. The number of rotatable bonds is 6. The molecule has 0 spiro atoms. The number of halogens is 3. The molecule has 0 aromatic heterocycles. The fraction of sp³-hybridized carbons (Fsp3) is 0.455. The van der Waals surface area contributed by atoms with E-state index in [9.17, 15) is 17.2 Å². The number of alkyl halides is 2. The van der Waals surface area contributed by atoms with Crippen LogP contribution in [0, 0.1) is 0 Å². The first-order valence-corrected chi connectivity index (χ1v) is 7.28. The lowest BCUT2D eigenvalue weighted by Crippen LogP contribution is -2.31. The van der Waals surface area contributed by atoms with E-state index in [1.807, 2.05) is 0 Å². The van der Waals surface area contributed by atoms with E-state index in [4.69, 9.17) is 11.6 Å². The molecule has 1 aromatic rings. The summed E-state index contributed by atoms with van der Waals surface area (Å²) in [7, 11) is -1.10. The van der Waals surface area contributed by atoms with Crippen LogP contribution in [0.1, 0.15) is 5.56 Å². The number of nitrogens with zero attached hydrogens (tertiary/aromatic N) is 1. The lowest BCUT2D eigenvalue weighted by molar-refractivity contribution is 0.126. The normalized spacial score (nSPS) is 12.4. The number of benzene rings is 1.